The van der Waals surface area contributed by atoms with Gasteiger partial charge in [-0.3, -0.25) is 28.7 Å². The number of H-pyrrole nitrogens is 1. The third-order valence-electron chi connectivity index (χ3n) is 11.3. The lowest BCUT2D eigenvalue weighted by molar-refractivity contribution is -0.145. The van der Waals surface area contributed by atoms with Crippen LogP contribution >= 0.6 is 11.3 Å². The average Bonchev–Trinajstić information content (AvgIpc) is 3.84. The Balaban J connectivity index is 0.000000373. The number of nitrogens with zero attached hydrogens (tertiary/aromatic N) is 3. The largest absolute Gasteiger partial charge is 0.496 e. The number of terminal acetylenes is 1. The van der Waals surface area contributed by atoms with Crippen LogP contribution in [0.25, 0.3) is 21.6 Å². The van der Waals surface area contributed by atoms with Gasteiger partial charge < -0.3 is 24.8 Å². The molecule has 2 saturated heterocycles. The molecular formula is C48H68F2N6O8S2. The fourth-order valence-corrected chi connectivity index (χ4v) is 9.82. The van der Waals surface area contributed by atoms with Gasteiger partial charge in [-0.1, -0.05) is 59.6 Å². The average molecular weight is 959 g/mol. The van der Waals surface area contributed by atoms with Gasteiger partial charge in [0.25, 0.3) is 11.8 Å². The zero-order valence-electron chi connectivity index (χ0n) is 39.4. The van der Waals surface area contributed by atoms with Crippen molar-refractivity contribution < 1.29 is 41.1 Å². The lowest BCUT2D eigenvalue weighted by Crippen LogP contribution is -2.54. The van der Waals surface area contributed by atoms with Gasteiger partial charge in [-0.2, -0.15) is 0 Å². The maximum absolute atomic E-state index is 13.7. The lowest BCUT2D eigenvalue weighted by atomic mass is 10.1. The molecule has 3 fully saturated rings. The molecule has 1 aromatic carbocycles. The van der Waals surface area contributed by atoms with Gasteiger partial charge in [-0.05, 0) is 76.3 Å². The number of amides is 4. The summed E-state index contributed by atoms with van der Waals surface area (Å²) in [5, 5.41) is 5.59. The number of hydrogen-bond donors (Lipinski definition) is 3. The van der Waals surface area contributed by atoms with E-state index in [-0.39, 0.29) is 50.6 Å². The number of fused-ring (bicyclic) bond motifs is 1. The number of hydrogen-bond acceptors (Lipinski definition) is 10. The minimum Gasteiger partial charge on any atom is -0.496 e. The smallest absolute Gasteiger partial charge is 0.265 e. The van der Waals surface area contributed by atoms with Crippen LogP contribution in [0.5, 0.6) is 5.75 Å². The molecule has 3 aliphatic rings. The number of unbranched alkanes of at least 4 members (excludes halogenated alkanes) is 3. The van der Waals surface area contributed by atoms with E-state index in [9.17, 15) is 41.2 Å². The number of carbonyl (C=O) groups is 4. The number of aromatic nitrogens is 2. The number of likely N-dealkylation sites (tertiary alicyclic amines) is 2. The molecule has 66 heavy (non-hydrogen) atoms. The number of thiazole rings is 1. The van der Waals surface area contributed by atoms with Crippen molar-refractivity contribution in [1.29, 1.82) is 0 Å². The summed E-state index contributed by atoms with van der Waals surface area (Å²) in [5.74, 6) is -4.15. The van der Waals surface area contributed by atoms with Gasteiger partial charge in [-0.25, -0.2) is 22.2 Å². The summed E-state index contributed by atoms with van der Waals surface area (Å²) in [6.45, 7) is 12.1. The van der Waals surface area contributed by atoms with E-state index in [2.05, 4.69) is 53.6 Å². The Bertz CT molecular complexity index is 2320. The van der Waals surface area contributed by atoms with E-state index >= 15 is 0 Å². The number of halogens is 2. The zero-order chi connectivity index (χ0) is 49.2. The van der Waals surface area contributed by atoms with Gasteiger partial charge in [0.2, 0.25) is 27.7 Å². The summed E-state index contributed by atoms with van der Waals surface area (Å²) in [7, 11) is -2.18. The summed E-state index contributed by atoms with van der Waals surface area (Å²) in [5.41, 5.74) is 3.53. The Hall–Kier alpha value is -5.15. The predicted molar refractivity (Wildman–Crippen MR) is 257 cm³/mol. The van der Waals surface area contributed by atoms with Crippen molar-refractivity contribution in [3.8, 4) is 29.3 Å². The molecule has 0 spiro atoms. The van der Waals surface area contributed by atoms with Crippen molar-refractivity contribution in [1.82, 2.24) is 29.8 Å². The topological polar surface area (TPSA) is 188 Å². The van der Waals surface area contributed by atoms with E-state index in [0.29, 0.717) is 37.0 Å². The van der Waals surface area contributed by atoms with Crippen molar-refractivity contribution in [3.05, 3.63) is 57.2 Å². The summed E-state index contributed by atoms with van der Waals surface area (Å²) >= 11 is 1.55. The van der Waals surface area contributed by atoms with Crippen molar-refractivity contribution in [2.75, 3.05) is 26.7 Å². The Labute approximate surface area is 392 Å². The molecule has 4 heterocycles. The van der Waals surface area contributed by atoms with Crippen LogP contribution < -0.4 is 20.2 Å². The van der Waals surface area contributed by atoms with Gasteiger partial charge in [0.05, 0.1) is 35.8 Å². The highest BCUT2D eigenvalue weighted by molar-refractivity contribution is 7.90. The van der Waals surface area contributed by atoms with Crippen LogP contribution in [0, 0.1) is 19.8 Å². The second-order valence-corrected chi connectivity index (χ2v) is 19.4. The molecule has 18 heteroatoms. The SMILES string of the molecule is C#C.CC.CCCCC/C=C\C[C@@H](NC(=O)[C@@H]1CCCN1C(=O)CCC(=O)N1CCCC(F)(F)C1)C(=O)NS(=O)(=O)C1CC1.COc1ccc2c(=O)cc(-c3nc(C(C)C)cs3)[nH]c2c1C. The minimum atomic E-state index is -3.81. The summed E-state index contributed by atoms with van der Waals surface area (Å²) in [4.78, 5) is 74.2. The van der Waals surface area contributed by atoms with E-state index in [1.54, 1.807) is 36.7 Å². The van der Waals surface area contributed by atoms with Crippen LogP contribution in [0.2, 0.25) is 0 Å². The molecular weight excluding hydrogens is 891 g/mol. The first kappa shape index (κ1) is 55.2. The number of sulfonamides is 1. The number of rotatable bonds is 17. The van der Waals surface area contributed by atoms with E-state index in [1.165, 1.54) is 4.90 Å². The van der Waals surface area contributed by atoms with Gasteiger partial charge in [-0.15, -0.1) is 24.2 Å². The van der Waals surface area contributed by atoms with Crippen molar-refractivity contribution >= 4 is 55.9 Å². The summed E-state index contributed by atoms with van der Waals surface area (Å²) in [6, 6.07) is 3.24. The Morgan fingerprint density at radius 3 is 2.36 bits per heavy atom. The maximum Gasteiger partial charge on any atom is 0.265 e. The highest BCUT2D eigenvalue weighted by atomic mass is 32.2. The van der Waals surface area contributed by atoms with Crippen molar-refractivity contribution in [2.24, 2.45) is 0 Å². The minimum absolute atomic E-state index is 0.00389. The molecule has 3 N–H and O–H groups in total. The molecule has 0 unspecified atom stereocenters. The molecule has 14 nitrogen and oxygen atoms in total. The normalized spacial score (nSPS) is 17.1. The molecule has 364 valence electrons. The van der Waals surface area contributed by atoms with Gasteiger partial charge >= 0.3 is 0 Å². The molecule has 1 aliphatic carbocycles. The number of pyridine rings is 1. The van der Waals surface area contributed by atoms with Crippen LogP contribution in [0.4, 0.5) is 8.78 Å². The molecule has 0 radical (unpaired) electrons. The van der Waals surface area contributed by atoms with E-state index in [1.807, 2.05) is 38.3 Å². The third-order valence-corrected chi connectivity index (χ3v) is 14.0. The number of carbonyl (C=O) groups excluding carboxylic acids is 4. The van der Waals surface area contributed by atoms with Gasteiger partial charge in [0, 0.05) is 54.7 Å². The van der Waals surface area contributed by atoms with E-state index in [4.69, 9.17) is 4.74 Å². The van der Waals surface area contributed by atoms with Crippen molar-refractivity contribution in [2.45, 2.75) is 154 Å². The predicted octanol–water partition coefficient (Wildman–Crippen LogP) is 8.00. The molecule has 1 saturated carbocycles. The van der Waals surface area contributed by atoms with Crippen LogP contribution in [0.1, 0.15) is 135 Å². The monoisotopic (exact) mass is 958 g/mol. The number of allylic oxidation sites excluding steroid dienone is 1. The number of piperidine rings is 1. The standard InChI is InChI=1S/C27H42F2N4O6S.C17H18N2O2S.C2H6.C2H2/c1-2-3-4-5-6-7-10-21(25(36)31-40(38,39)20-12-13-20)30-26(37)22-11-8-18-33(22)24(35)15-14-23(34)32-17-9-16-27(28,29)19-32;1-9(2)13-8-22-17(19-13)12-7-14(20)11-5-6-15(21-4)10(3)16(11)18-12;2*1-2/h6-7,20-22H,2-5,8-19H2,1H3,(H,30,37)(H,31,36);5-9H,1-4H3,(H,18,20);1-2H3;1-2H/b7-6-;;;/t21-,22+;;;/m1.../s1. The van der Waals surface area contributed by atoms with Gasteiger partial charge in [0.1, 0.15) is 22.8 Å². The highest BCUT2D eigenvalue weighted by Gasteiger charge is 2.40. The highest BCUT2D eigenvalue weighted by Crippen LogP contribution is 2.31. The molecule has 4 amide bonds. The quantitative estimate of drug-likeness (QED) is 0.0685. The van der Waals surface area contributed by atoms with Crippen LogP contribution in [-0.2, 0) is 29.2 Å². The Morgan fingerprint density at radius 2 is 1.74 bits per heavy atom. The van der Waals surface area contributed by atoms with Gasteiger partial charge in [0.15, 0.2) is 5.43 Å². The first-order chi connectivity index (χ1) is 31.4. The Morgan fingerprint density at radius 1 is 1.05 bits per heavy atom. The molecule has 2 aromatic heterocycles. The number of aryl methyl sites for hydroxylation is 1. The molecule has 2 atom stereocenters. The third kappa shape index (κ3) is 15.7. The molecule has 3 aromatic rings. The summed E-state index contributed by atoms with van der Waals surface area (Å²) in [6.07, 6.45) is 17.0. The van der Waals surface area contributed by atoms with Crippen LogP contribution in [0.3, 0.4) is 0 Å². The Kier molecular flexibility index (Phi) is 22.0. The fourth-order valence-electron chi connectivity index (χ4n) is 7.52. The van der Waals surface area contributed by atoms with Crippen LogP contribution in [0.15, 0.2) is 40.5 Å². The maximum atomic E-state index is 13.7. The van der Waals surface area contributed by atoms with E-state index < -0.39 is 63.5 Å². The number of ether oxygens (including phenoxy) is 1. The zero-order valence-corrected chi connectivity index (χ0v) is 41.1. The summed E-state index contributed by atoms with van der Waals surface area (Å²) < 4.78 is 59.4. The number of methoxy groups -OCH3 is 1. The number of aromatic amines is 1. The van der Waals surface area contributed by atoms with Crippen molar-refractivity contribution in [3.63, 3.8) is 0 Å². The fraction of sp³-hybridized carbons (Fsp3) is 0.583. The van der Waals surface area contributed by atoms with E-state index in [0.717, 1.165) is 63.8 Å². The number of nitrogens with one attached hydrogen (secondary N) is 3. The number of benzene rings is 1. The molecule has 2 aliphatic heterocycles. The second kappa shape index (κ2) is 26.3. The first-order valence-electron chi connectivity index (χ1n) is 22.9. The number of alkyl halides is 2. The lowest BCUT2D eigenvalue weighted by Gasteiger charge is -2.32. The van der Waals surface area contributed by atoms with Crippen LogP contribution in [-0.4, -0.2) is 102 Å². The second-order valence-electron chi connectivity index (χ2n) is 16.6. The first-order valence-corrected chi connectivity index (χ1v) is 25.3. The molecule has 6 rings (SSSR count). The molecule has 0 bridgehead atoms.